The van der Waals surface area contributed by atoms with Crippen molar-refractivity contribution < 1.29 is 13.2 Å². The molecular weight excluding hydrogens is 371 g/mol. The monoisotopic (exact) mass is 383 g/mol. The van der Waals surface area contributed by atoms with E-state index in [1.54, 1.807) is 13.8 Å². The zero-order chi connectivity index (χ0) is 19.1. The molecule has 0 saturated carbocycles. The number of alkyl halides is 3. The summed E-state index contributed by atoms with van der Waals surface area (Å²) in [7, 11) is 0. The average Bonchev–Trinajstić information content (AvgIpc) is 3.02. The SMILES string of the molecule is Cc1nc(-c2cnn([C@@H](C)c3ccc(C(F)(F)F)cc3Cl)n2)cc(=O)[nH]1. The molecule has 3 aromatic rings. The van der Waals surface area contributed by atoms with Gasteiger partial charge in [0.1, 0.15) is 11.5 Å². The Labute approximate surface area is 150 Å². The molecular formula is C16H13ClF3N5O. The van der Waals surface area contributed by atoms with Crippen molar-refractivity contribution in [1.82, 2.24) is 25.0 Å². The maximum Gasteiger partial charge on any atom is 0.416 e. The Morgan fingerprint density at radius 1 is 1.23 bits per heavy atom. The molecule has 0 unspecified atom stereocenters. The van der Waals surface area contributed by atoms with Crippen LogP contribution in [0.3, 0.4) is 0 Å². The molecule has 0 aliphatic carbocycles. The normalized spacial score (nSPS) is 13.0. The van der Waals surface area contributed by atoms with Crippen molar-refractivity contribution in [1.29, 1.82) is 0 Å². The van der Waals surface area contributed by atoms with Gasteiger partial charge in [0.05, 0.1) is 23.5 Å². The van der Waals surface area contributed by atoms with E-state index < -0.39 is 17.8 Å². The number of hydrogen-bond acceptors (Lipinski definition) is 4. The van der Waals surface area contributed by atoms with Gasteiger partial charge in [0, 0.05) is 11.1 Å². The van der Waals surface area contributed by atoms with Gasteiger partial charge in [0.2, 0.25) is 0 Å². The minimum Gasteiger partial charge on any atom is -0.311 e. The third-order valence-corrected chi connectivity index (χ3v) is 4.08. The van der Waals surface area contributed by atoms with Crippen LogP contribution in [0.15, 0.2) is 35.3 Å². The summed E-state index contributed by atoms with van der Waals surface area (Å²) in [4.78, 5) is 19.6. The number of H-pyrrole nitrogens is 1. The van der Waals surface area contributed by atoms with Gasteiger partial charge in [-0.2, -0.15) is 28.2 Å². The zero-order valence-electron chi connectivity index (χ0n) is 13.7. The fourth-order valence-corrected chi connectivity index (χ4v) is 2.80. The van der Waals surface area contributed by atoms with Crippen LogP contribution in [0.1, 0.15) is 29.9 Å². The predicted molar refractivity (Wildman–Crippen MR) is 88.9 cm³/mol. The van der Waals surface area contributed by atoms with Gasteiger partial charge in [-0.1, -0.05) is 17.7 Å². The first kappa shape index (κ1) is 18.1. The highest BCUT2D eigenvalue weighted by molar-refractivity contribution is 6.31. The van der Waals surface area contributed by atoms with Crippen molar-refractivity contribution in [2.24, 2.45) is 0 Å². The third kappa shape index (κ3) is 3.62. The Morgan fingerprint density at radius 3 is 2.58 bits per heavy atom. The summed E-state index contributed by atoms with van der Waals surface area (Å²) in [6, 6.07) is 3.91. The second kappa shape index (κ2) is 6.56. The standard InChI is InChI=1S/C16H13ClF3N5O/c1-8(11-4-3-10(5-12(11)17)16(18,19)20)25-21-7-14(24-25)13-6-15(26)23-9(2)22-13/h3-8H,1-2H3,(H,22,23,26)/t8-/m0/s1. The molecule has 1 atom stereocenters. The second-order valence-electron chi connectivity index (χ2n) is 5.68. The van der Waals surface area contributed by atoms with E-state index in [2.05, 4.69) is 20.2 Å². The highest BCUT2D eigenvalue weighted by Crippen LogP contribution is 2.34. The van der Waals surface area contributed by atoms with Crippen LogP contribution in [0.2, 0.25) is 5.02 Å². The molecule has 0 aliphatic heterocycles. The lowest BCUT2D eigenvalue weighted by Crippen LogP contribution is -2.12. The maximum absolute atomic E-state index is 12.8. The molecule has 10 heteroatoms. The first-order chi connectivity index (χ1) is 12.1. The molecule has 0 saturated heterocycles. The Balaban J connectivity index is 1.93. The van der Waals surface area contributed by atoms with E-state index in [4.69, 9.17) is 11.6 Å². The van der Waals surface area contributed by atoms with E-state index in [1.807, 2.05) is 0 Å². The summed E-state index contributed by atoms with van der Waals surface area (Å²) in [5, 5.41) is 8.34. The number of halogens is 4. The quantitative estimate of drug-likeness (QED) is 0.749. The maximum atomic E-state index is 12.8. The number of nitrogens with one attached hydrogen (secondary N) is 1. The summed E-state index contributed by atoms with van der Waals surface area (Å²) in [5.74, 6) is 0.431. The number of aryl methyl sites for hydroxylation is 1. The molecule has 26 heavy (non-hydrogen) atoms. The van der Waals surface area contributed by atoms with Crippen LogP contribution >= 0.6 is 11.6 Å². The van der Waals surface area contributed by atoms with Crippen LogP contribution in [0.5, 0.6) is 0 Å². The van der Waals surface area contributed by atoms with Gasteiger partial charge in [-0.05, 0) is 31.5 Å². The Kier molecular flexibility index (Phi) is 4.57. The van der Waals surface area contributed by atoms with Crippen LogP contribution < -0.4 is 5.56 Å². The fourth-order valence-electron chi connectivity index (χ4n) is 2.46. The van der Waals surface area contributed by atoms with Gasteiger partial charge >= 0.3 is 6.18 Å². The van der Waals surface area contributed by atoms with Gasteiger partial charge < -0.3 is 4.98 Å². The molecule has 0 fully saturated rings. The summed E-state index contributed by atoms with van der Waals surface area (Å²) >= 11 is 6.02. The predicted octanol–water partition coefficient (Wildman–Crippen LogP) is 3.62. The number of benzene rings is 1. The number of hydrogen-bond donors (Lipinski definition) is 1. The average molecular weight is 384 g/mol. The molecule has 1 N–H and O–H groups in total. The Morgan fingerprint density at radius 2 is 1.96 bits per heavy atom. The molecule has 0 amide bonds. The van der Waals surface area contributed by atoms with Crippen molar-refractivity contribution in [3.8, 4) is 11.4 Å². The van der Waals surface area contributed by atoms with E-state index in [0.717, 1.165) is 12.1 Å². The third-order valence-electron chi connectivity index (χ3n) is 3.76. The van der Waals surface area contributed by atoms with Gasteiger partial charge in [-0.15, -0.1) is 0 Å². The molecule has 2 heterocycles. The molecule has 2 aromatic heterocycles. The van der Waals surface area contributed by atoms with E-state index in [1.165, 1.54) is 23.1 Å². The van der Waals surface area contributed by atoms with E-state index in [-0.39, 0.29) is 10.6 Å². The number of nitrogens with zero attached hydrogens (tertiary/aromatic N) is 4. The second-order valence-corrected chi connectivity index (χ2v) is 6.08. The lowest BCUT2D eigenvalue weighted by Gasteiger charge is -2.15. The highest BCUT2D eigenvalue weighted by Gasteiger charge is 2.31. The van der Waals surface area contributed by atoms with Crippen LogP contribution in [0, 0.1) is 6.92 Å². The topological polar surface area (TPSA) is 76.5 Å². The van der Waals surface area contributed by atoms with Gasteiger partial charge in [0.15, 0.2) is 0 Å². The fraction of sp³-hybridized carbons (Fsp3) is 0.250. The van der Waals surface area contributed by atoms with Gasteiger partial charge in [0.25, 0.3) is 5.56 Å². The Hall–Kier alpha value is -2.68. The van der Waals surface area contributed by atoms with Crippen LogP contribution in [0.4, 0.5) is 13.2 Å². The first-order valence-electron chi connectivity index (χ1n) is 7.52. The number of rotatable bonds is 3. The molecule has 0 spiro atoms. The van der Waals surface area contributed by atoms with Crippen LogP contribution in [-0.4, -0.2) is 25.0 Å². The van der Waals surface area contributed by atoms with Crippen molar-refractivity contribution >= 4 is 11.6 Å². The van der Waals surface area contributed by atoms with Crippen LogP contribution in [0.25, 0.3) is 11.4 Å². The summed E-state index contributed by atoms with van der Waals surface area (Å²) in [5.41, 5.74) is 0.0193. The summed E-state index contributed by atoms with van der Waals surface area (Å²) < 4.78 is 38.3. The highest BCUT2D eigenvalue weighted by atomic mass is 35.5. The van der Waals surface area contributed by atoms with E-state index in [9.17, 15) is 18.0 Å². The van der Waals surface area contributed by atoms with Crippen molar-refractivity contribution in [2.45, 2.75) is 26.1 Å². The lowest BCUT2D eigenvalue weighted by atomic mass is 10.1. The minimum atomic E-state index is -4.47. The molecule has 0 radical (unpaired) electrons. The number of aromatic nitrogens is 5. The first-order valence-corrected chi connectivity index (χ1v) is 7.90. The van der Waals surface area contributed by atoms with E-state index in [0.29, 0.717) is 22.8 Å². The minimum absolute atomic E-state index is 0.0312. The molecule has 0 bridgehead atoms. The van der Waals surface area contributed by atoms with Crippen molar-refractivity contribution in [2.75, 3.05) is 0 Å². The molecule has 136 valence electrons. The lowest BCUT2D eigenvalue weighted by molar-refractivity contribution is -0.137. The van der Waals surface area contributed by atoms with Crippen LogP contribution in [-0.2, 0) is 6.18 Å². The largest absolute Gasteiger partial charge is 0.416 e. The van der Waals surface area contributed by atoms with Crippen molar-refractivity contribution in [3.63, 3.8) is 0 Å². The Bertz CT molecular complexity index is 1010. The smallest absolute Gasteiger partial charge is 0.311 e. The van der Waals surface area contributed by atoms with Crippen molar-refractivity contribution in [3.05, 3.63) is 62.8 Å². The zero-order valence-corrected chi connectivity index (χ0v) is 14.4. The molecule has 6 nitrogen and oxygen atoms in total. The van der Waals surface area contributed by atoms with Gasteiger partial charge in [-0.25, -0.2) is 4.98 Å². The van der Waals surface area contributed by atoms with Gasteiger partial charge in [-0.3, -0.25) is 4.79 Å². The molecule has 3 rings (SSSR count). The molecule has 1 aromatic carbocycles. The summed E-state index contributed by atoms with van der Waals surface area (Å²) in [6.07, 6.45) is -3.04. The van der Waals surface area contributed by atoms with E-state index >= 15 is 0 Å². The summed E-state index contributed by atoms with van der Waals surface area (Å²) in [6.45, 7) is 3.34. The number of aromatic amines is 1. The molecule has 0 aliphatic rings.